The fraction of sp³-hybridized carbons (Fsp3) is 0.889. The van der Waals surface area contributed by atoms with Crippen LogP contribution in [0.3, 0.4) is 0 Å². The van der Waals surface area contributed by atoms with Gasteiger partial charge in [0.05, 0.1) is 6.10 Å². The maximum absolute atomic E-state index is 11.4. The minimum absolute atomic E-state index is 0.0144. The Labute approximate surface area is 73.5 Å². The molecule has 3 heteroatoms. The number of hydrogen-bond donors (Lipinski definition) is 1. The van der Waals surface area contributed by atoms with E-state index in [0.717, 1.165) is 0 Å². The summed E-state index contributed by atoms with van der Waals surface area (Å²) in [6.07, 6.45) is -0.173. The Morgan fingerprint density at radius 3 is 2.50 bits per heavy atom. The Morgan fingerprint density at radius 2 is 2.08 bits per heavy atom. The minimum Gasteiger partial charge on any atom is -0.363 e. The summed E-state index contributed by atoms with van der Waals surface area (Å²) in [5.41, 5.74) is -0.112. The first kappa shape index (κ1) is 9.52. The molecule has 0 aromatic heterocycles. The number of nitrogens with one attached hydrogen (secondary N) is 1. The van der Waals surface area contributed by atoms with Crippen LogP contribution in [0.25, 0.3) is 0 Å². The zero-order valence-corrected chi connectivity index (χ0v) is 8.18. The van der Waals surface area contributed by atoms with Crippen molar-refractivity contribution >= 4 is 5.91 Å². The summed E-state index contributed by atoms with van der Waals surface area (Å²) < 4.78 is 5.55. The van der Waals surface area contributed by atoms with E-state index in [-0.39, 0.29) is 23.5 Å². The molecular weight excluding hydrogens is 154 g/mol. The van der Waals surface area contributed by atoms with Crippen LogP contribution < -0.4 is 5.32 Å². The average molecular weight is 171 g/mol. The highest BCUT2D eigenvalue weighted by Gasteiger charge is 2.36. The third-order valence-corrected chi connectivity index (χ3v) is 1.96. The molecule has 0 aliphatic carbocycles. The molecule has 0 radical (unpaired) electrons. The van der Waals surface area contributed by atoms with Crippen LogP contribution in [0, 0.1) is 5.41 Å². The lowest BCUT2D eigenvalue weighted by atomic mass is 9.87. The van der Waals surface area contributed by atoms with Gasteiger partial charge in [0.2, 0.25) is 5.91 Å². The molecule has 0 bridgehead atoms. The Kier molecular flexibility index (Phi) is 2.42. The molecule has 1 aliphatic heterocycles. The molecule has 3 nitrogen and oxygen atoms in total. The van der Waals surface area contributed by atoms with Crippen molar-refractivity contribution in [2.24, 2.45) is 5.41 Å². The summed E-state index contributed by atoms with van der Waals surface area (Å²) in [5, 5.41) is 2.82. The summed E-state index contributed by atoms with van der Waals surface area (Å²) >= 11 is 0. The molecule has 70 valence electrons. The lowest BCUT2D eigenvalue weighted by molar-refractivity contribution is -0.153. The van der Waals surface area contributed by atoms with Gasteiger partial charge in [0.1, 0.15) is 6.10 Å². The monoisotopic (exact) mass is 171 g/mol. The van der Waals surface area contributed by atoms with Crippen molar-refractivity contribution in [3.63, 3.8) is 0 Å². The third-order valence-electron chi connectivity index (χ3n) is 1.96. The molecule has 2 atom stereocenters. The van der Waals surface area contributed by atoms with Gasteiger partial charge in [-0.25, -0.2) is 0 Å². The largest absolute Gasteiger partial charge is 0.363 e. The number of ether oxygens (including phenoxy) is 1. The Bertz CT molecular complexity index is 183. The molecule has 1 amide bonds. The van der Waals surface area contributed by atoms with Crippen molar-refractivity contribution in [1.29, 1.82) is 0 Å². The van der Waals surface area contributed by atoms with Gasteiger partial charge in [0.15, 0.2) is 0 Å². The van der Waals surface area contributed by atoms with Crippen LogP contribution in [0.2, 0.25) is 0 Å². The summed E-state index contributed by atoms with van der Waals surface area (Å²) in [6, 6.07) is 0. The number of rotatable bonds is 0. The second-order valence-electron chi connectivity index (χ2n) is 4.44. The molecule has 1 aliphatic rings. The first-order valence-electron chi connectivity index (χ1n) is 4.34. The molecular formula is C9H17NO2. The smallest absolute Gasteiger partial charge is 0.249 e. The van der Waals surface area contributed by atoms with Gasteiger partial charge < -0.3 is 10.1 Å². The molecule has 1 N–H and O–H groups in total. The van der Waals surface area contributed by atoms with E-state index in [4.69, 9.17) is 4.74 Å². The topological polar surface area (TPSA) is 38.3 Å². The number of amides is 1. The van der Waals surface area contributed by atoms with Crippen molar-refractivity contribution in [3.05, 3.63) is 0 Å². The molecule has 0 saturated carbocycles. The molecule has 0 spiro atoms. The normalized spacial score (nSPS) is 31.5. The van der Waals surface area contributed by atoms with Crippen LogP contribution in [-0.2, 0) is 9.53 Å². The predicted molar refractivity (Wildman–Crippen MR) is 46.8 cm³/mol. The highest BCUT2D eigenvalue weighted by atomic mass is 16.5. The van der Waals surface area contributed by atoms with E-state index in [9.17, 15) is 4.79 Å². The second-order valence-corrected chi connectivity index (χ2v) is 4.44. The number of morpholine rings is 1. The van der Waals surface area contributed by atoms with Crippen molar-refractivity contribution in [1.82, 2.24) is 5.32 Å². The van der Waals surface area contributed by atoms with E-state index >= 15 is 0 Å². The molecule has 2 unspecified atom stereocenters. The Balaban J connectivity index is 2.68. The van der Waals surface area contributed by atoms with Crippen LogP contribution in [0.15, 0.2) is 0 Å². The average Bonchev–Trinajstić information content (AvgIpc) is 1.92. The highest BCUT2D eigenvalue weighted by molar-refractivity contribution is 5.82. The van der Waals surface area contributed by atoms with E-state index in [1.807, 2.05) is 27.7 Å². The SMILES string of the molecule is CC1CNC(=O)C(C(C)(C)C)O1. The molecule has 1 saturated heterocycles. The zero-order chi connectivity index (χ0) is 9.35. The first-order valence-corrected chi connectivity index (χ1v) is 4.34. The second kappa shape index (κ2) is 3.05. The molecule has 0 aromatic carbocycles. The Morgan fingerprint density at radius 1 is 1.50 bits per heavy atom. The zero-order valence-electron chi connectivity index (χ0n) is 8.18. The van der Waals surface area contributed by atoms with Crippen molar-refractivity contribution in [2.45, 2.75) is 39.9 Å². The first-order chi connectivity index (χ1) is 5.41. The summed E-state index contributed by atoms with van der Waals surface area (Å²) in [7, 11) is 0. The molecule has 1 fully saturated rings. The van der Waals surface area contributed by atoms with E-state index in [1.54, 1.807) is 0 Å². The van der Waals surface area contributed by atoms with E-state index < -0.39 is 0 Å². The van der Waals surface area contributed by atoms with Crippen molar-refractivity contribution in [3.8, 4) is 0 Å². The molecule has 1 heterocycles. The van der Waals surface area contributed by atoms with Crippen LogP contribution >= 0.6 is 0 Å². The fourth-order valence-electron chi connectivity index (χ4n) is 1.28. The van der Waals surface area contributed by atoms with Crippen LogP contribution in [0.5, 0.6) is 0 Å². The lowest BCUT2D eigenvalue weighted by Gasteiger charge is -2.35. The third kappa shape index (κ3) is 1.97. The predicted octanol–water partition coefficient (Wildman–Crippen LogP) is 0.936. The van der Waals surface area contributed by atoms with Gasteiger partial charge in [-0.1, -0.05) is 20.8 Å². The van der Waals surface area contributed by atoms with E-state index in [0.29, 0.717) is 6.54 Å². The lowest BCUT2D eigenvalue weighted by Crippen LogP contribution is -2.53. The van der Waals surface area contributed by atoms with E-state index in [1.165, 1.54) is 0 Å². The molecule has 12 heavy (non-hydrogen) atoms. The van der Waals surface area contributed by atoms with Crippen LogP contribution in [0.4, 0.5) is 0 Å². The van der Waals surface area contributed by atoms with Gasteiger partial charge >= 0.3 is 0 Å². The quantitative estimate of drug-likeness (QED) is 0.589. The van der Waals surface area contributed by atoms with Crippen molar-refractivity contribution in [2.75, 3.05) is 6.54 Å². The van der Waals surface area contributed by atoms with Gasteiger partial charge in [-0.15, -0.1) is 0 Å². The summed E-state index contributed by atoms with van der Waals surface area (Å²) in [5.74, 6) is 0.0144. The molecule has 0 aromatic rings. The van der Waals surface area contributed by atoms with Gasteiger partial charge in [0.25, 0.3) is 0 Å². The minimum atomic E-state index is -0.304. The summed E-state index contributed by atoms with van der Waals surface area (Å²) in [6.45, 7) is 8.63. The standard InChI is InChI=1S/C9H17NO2/c1-6-5-10-8(11)7(12-6)9(2,3)4/h6-7H,5H2,1-4H3,(H,10,11). The maximum atomic E-state index is 11.4. The van der Waals surface area contributed by atoms with Crippen LogP contribution in [0.1, 0.15) is 27.7 Å². The number of hydrogen-bond acceptors (Lipinski definition) is 2. The fourth-order valence-corrected chi connectivity index (χ4v) is 1.28. The van der Waals surface area contributed by atoms with E-state index in [2.05, 4.69) is 5.32 Å². The Hall–Kier alpha value is -0.570. The van der Waals surface area contributed by atoms with Gasteiger partial charge in [-0.2, -0.15) is 0 Å². The summed E-state index contributed by atoms with van der Waals surface area (Å²) in [4.78, 5) is 11.4. The van der Waals surface area contributed by atoms with Crippen molar-refractivity contribution < 1.29 is 9.53 Å². The number of carbonyl (C=O) groups excluding carboxylic acids is 1. The van der Waals surface area contributed by atoms with Gasteiger partial charge in [0, 0.05) is 6.54 Å². The number of carbonyl (C=O) groups is 1. The molecule has 1 rings (SSSR count). The van der Waals surface area contributed by atoms with Crippen LogP contribution in [-0.4, -0.2) is 24.7 Å². The highest BCUT2D eigenvalue weighted by Crippen LogP contribution is 2.25. The van der Waals surface area contributed by atoms with Gasteiger partial charge in [-0.05, 0) is 12.3 Å². The maximum Gasteiger partial charge on any atom is 0.249 e. The van der Waals surface area contributed by atoms with Gasteiger partial charge in [-0.3, -0.25) is 4.79 Å².